The fourth-order valence-electron chi connectivity index (χ4n) is 1.08. The van der Waals surface area contributed by atoms with E-state index >= 15 is 0 Å². The van der Waals surface area contributed by atoms with Crippen LogP contribution in [0.15, 0.2) is 18.3 Å². The van der Waals surface area contributed by atoms with Crippen LogP contribution in [0, 0.1) is 11.8 Å². The van der Waals surface area contributed by atoms with E-state index in [1.54, 1.807) is 12.1 Å². The molecule has 1 amide bonds. The van der Waals surface area contributed by atoms with Gasteiger partial charge in [-0.25, -0.2) is 0 Å². The van der Waals surface area contributed by atoms with Crippen molar-refractivity contribution >= 4 is 5.91 Å². The average molecular weight is 191 g/mol. The first-order valence-electron chi connectivity index (χ1n) is 4.50. The third-order valence-electron chi connectivity index (χ3n) is 1.65. The maximum absolute atomic E-state index is 10.8. The molecule has 3 heteroatoms. The van der Waals surface area contributed by atoms with E-state index in [-0.39, 0.29) is 5.41 Å². The number of rotatable bonds is 2. The summed E-state index contributed by atoms with van der Waals surface area (Å²) in [5.41, 5.74) is 6.49. The number of nitrogens with zero attached hydrogens (tertiary/aromatic N) is 1. The van der Waals surface area contributed by atoms with E-state index in [1.165, 1.54) is 6.20 Å². The van der Waals surface area contributed by atoms with Gasteiger partial charge < -0.3 is 5.73 Å². The van der Waals surface area contributed by atoms with Crippen molar-refractivity contribution in [3.8, 4) is 0 Å². The van der Waals surface area contributed by atoms with Crippen molar-refractivity contribution in [1.29, 1.82) is 0 Å². The molecular weight excluding hydrogens is 176 g/mol. The van der Waals surface area contributed by atoms with Gasteiger partial charge in [-0.05, 0) is 17.5 Å². The van der Waals surface area contributed by atoms with Gasteiger partial charge in [-0.15, -0.1) is 0 Å². The van der Waals surface area contributed by atoms with Crippen molar-refractivity contribution < 1.29 is 4.79 Å². The number of hydrogen-bond acceptors (Lipinski definition) is 2. The monoisotopic (exact) mass is 191 g/mol. The molecule has 0 aliphatic carbocycles. The molecule has 0 aliphatic heterocycles. The second-order valence-electron chi connectivity index (χ2n) is 4.35. The normalized spacial score (nSPS) is 11.4. The minimum Gasteiger partial charge on any atom is -0.366 e. The Labute approximate surface area is 84.3 Å². The van der Waals surface area contributed by atoms with Gasteiger partial charge in [-0.3, -0.25) is 9.78 Å². The number of aromatic nitrogens is 1. The van der Waals surface area contributed by atoms with Gasteiger partial charge in [0.1, 0.15) is 0 Å². The zero-order valence-corrected chi connectivity index (χ0v) is 8.74. The fraction of sp³-hybridized carbons (Fsp3) is 0.364. The van der Waals surface area contributed by atoms with E-state index in [2.05, 4.69) is 25.8 Å². The molecule has 0 bridgehead atoms. The number of nitrogens with two attached hydrogens (primary N) is 1. The van der Waals surface area contributed by atoms with Crippen LogP contribution < -0.4 is 5.73 Å². The Morgan fingerprint density at radius 3 is 2.43 bits per heavy atom. The molecule has 75 valence electrons. The lowest BCUT2D eigenvalue weighted by Gasteiger charge is -2.16. The minimum absolute atomic E-state index is 0.0846. The van der Waals surface area contributed by atoms with Crippen molar-refractivity contribution in [3.05, 3.63) is 36.0 Å². The smallest absolute Gasteiger partial charge is 0.250 e. The SMILES string of the molecule is CC(C)(C)[CH]c1ccc(C(N)=O)cn1. The Balaban J connectivity index is 2.79. The van der Waals surface area contributed by atoms with E-state index in [4.69, 9.17) is 5.73 Å². The summed E-state index contributed by atoms with van der Waals surface area (Å²) in [7, 11) is 0. The lowest BCUT2D eigenvalue weighted by Crippen LogP contribution is -2.12. The van der Waals surface area contributed by atoms with Gasteiger partial charge in [0.2, 0.25) is 5.91 Å². The quantitative estimate of drug-likeness (QED) is 0.774. The van der Waals surface area contributed by atoms with Gasteiger partial charge in [0.05, 0.1) is 5.56 Å². The molecule has 14 heavy (non-hydrogen) atoms. The fourth-order valence-corrected chi connectivity index (χ4v) is 1.08. The van der Waals surface area contributed by atoms with Gasteiger partial charge in [-0.1, -0.05) is 20.8 Å². The third kappa shape index (κ3) is 3.17. The molecule has 1 radical (unpaired) electrons. The highest BCUT2D eigenvalue weighted by molar-refractivity contribution is 5.92. The van der Waals surface area contributed by atoms with Crippen LogP contribution in [0.1, 0.15) is 36.8 Å². The van der Waals surface area contributed by atoms with Gasteiger partial charge in [0.25, 0.3) is 0 Å². The van der Waals surface area contributed by atoms with Crippen LogP contribution in [0.25, 0.3) is 0 Å². The summed E-state index contributed by atoms with van der Waals surface area (Å²) >= 11 is 0. The second-order valence-corrected chi connectivity index (χ2v) is 4.35. The minimum atomic E-state index is -0.445. The molecule has 1 heterocycles. The largest absolute Gasteiger partial charge is 0.366 e. The molecule has 0 aromatic carbocycles. The zero-order valence-electron chi connectivity index (χ0n) is 8.74. The molecule has 0 aliphatic rings. The van der Waals surface area contributed by atoms with Crippen molar-refractivity contribution in [2.45, 2.75) is 20.8 Å². The number of pyridine rings is 1. The van der Waals surface area contributed by atoms with Crippen molar-refractivity contribution in [1.82, 2.24) is 4.98 Å². The lowest BCUT2D eigenvalue weighted by atomic mass is 9.90. The van der Waals surface area contributed by atoms with Crippen molar-refractivity contribution in [2.75, 3.05) is 0 Å². The maximum Gasteiger partial charge on any atom is 0.250 e. The highest BCUT2D eigenvalue weighted by Crippen LogP contribution is 2.21. The van der Waals surface area contributed by atoms with Gasteiger partial charge >= 0.3 is 0 Å². The topological polar surface area (TPSA) is 56.0 Å². The summed E-state index contributed by atoms with van der Waals surface area (Å²) in [5, 5.41) is 0. The van der Waals surface area contributed by atoms with E-state index in [9.17, 15) is 4.79 Å². The number of amides is 1. The Kier molecular flexibility index (Phi) is 2.89. The Bertz CT molecular complexity index is 322. The van der Waals surface area contributed by atoms with Crippen LogP contribution in [0.3, 0.4) is 0 Å². The number of carbonyl (C=O) groups excluding carboxylic acids is 1. The molecule has 1 aromatic rings. The molecular formula is C11H15N2O. The van der Waals surface area contributed by atoms with Gasteiger partial charge in [0, 0.05) is 18.3 Å². The predicted molar refractivity (Wildman–Crippen MR) is 55.6 cm³/mol. The zero-order chi connectivity index (χ0) is 10.8. The number of primary amides is 1. The van der Waals surface area contributed by atoms with E-state index in [1.807, 2.05) is 6.42 Å². The molecule has 0 spiro atoms. The van der Waals surface area contributed by atoms with Gasteiger partial charge in [0.15, 0.2) is 0 Å². The summed E-state index contributed by atoms with van der Waals surface area (Å²) in [6, 6.07) is 3.48. The van der Waals surface area contributed by atoms with E-state index in [0.717, 1.165) is 5.69 Å². The van der Waals surface area contributed by atoms with Crippen LogP contribution in [0.4, 0.5) is 0 Å². The maximum atomic E-state index is 10.8. The molecule has 1 rings (SSSR count). The first kappa shape index (κ1) is 10.7. The van der Waals surface area contributed by atoms with E-state index in [0.29, 0.717) is 5.56 Å². The summed E-state index contributed by atoms with van der Waals surface area (Å²) in [4.78, 5) is 14.9. The van der Waals surface area contributed by atoms with Crippen LogP contribution in [-0.2, 0) is 0 Å². The molecule has 0 atom stereocenters. The predicted octanol–water partition coefficient (Wildman–Crippen LogP) is 1.78. The molecule has 0 saturated carbocycles. The Hall–Kier alpha value is -1.38. The highest BCUT2D eigenvalue weighted by atomic mass is 16.1. The van der Waals surface area contributed by atoms with Crippen LogP contribution in [-0.4, -0.2) is 10.9 Å². The second kappa shape index (κ2) is 3.78. The Morgan fingerprint density at radius 2 is 2.07 bits per heavy atom. The molecule has 0 fully saturated rings. The van der Waals surface area contributed by atoms with Crippen LogP contribution in [0.2, 0.25) is 0 Å². The summed E-state index contributed by atoms with van der Waals surface area (Å²) in [6.07, 6.45) is 3.54. The average Bonchev–Trinajstić information content (AvgIpc) is 2.02. The highest BCUT2D eigenvalue weighted by Gasteiger charge is 2.12. The molecule has 0 saturated heterocycles. The third-order valence-corrected chi connectivity index (χ3v) is 1.65. The lowest BCUT2D eigenvalue weighted by molar-refractivity contribution is 0.1000. The molecule has 0 unspecified atom stereocenters. The standard InChI is InChI=1S/C11H15N2O/c1-11(2,3)6-9-5-4-8(7-13-9)10(12)14/h4-7H,1-3H3,(H2,12,14). The van der Waals surface area contributed by atoms with Crippen LogP contribution >= 0.6 is 0 Å². The first-order valence-corrected chi connectivity index (χ1v) is 4.50. The Morgan fingerprint density at radius 1 is 1.43 bits per heavy atom. The van der Waals surface area contributed by atoms with Crippen molar-refractivity contribution in [3.63, 3.8) is 0 Å². The van der Waals surface area contributed by atoms with Gasteiger partial charge in [-0.2, -0.15) is 0 Å². The molecule has 3 nitrogen and oxygen atoms in total. The molecule has 2 N–H and O–H groups in total. The number of carbonyl (C=O) groups is 1. The first-order chi connectivity index (χ1) is 6.38. The van der Waals surface area contributed by atoms with Crippen LogP contribution in [0.5, 0.6) is 0 Å². The van der Waals surface area contributed by atoms with Crippen molar-refractivity contribution in [2.24, 2.45) is 11.1 Å². The molecule has 1 aromatic heterocycles. The summed E-state index contributed by atoms with van der Waals surface area (Å²) in [6.45, 7) is 6.28. The van der Waals surface area contributed by atoms with E-state index < -0.39 is 5.91 Å². The summed E-state index contributed by atoms with van der Waals surface area (Å²) in [5.74, 6) is -0.445. The number of hydrogen-bond donors (Lipinski definition) is 1. The summed E-state index contributed by atoms with van der Waals surface area (Å²) < 4.78 is 0.